The van der Waals surface area contributed by atoms with E-state index in [1.165, 1.54) is 16.1 Å². The number of hydrogen-bond donors (Lipinski definition) is 0. The number of esters is 1. The maximum atomic E-state index is 12.3. The van der Waals surface area contributed by atoms with E-state index >= 15 is 0 Å². The van der Waals surface area contributed by atoms with E-state index in [0.717, 1.165) is 11.3 Å². The highest BCUT2D eigenvalue weighted by molar-refractivity contribution is 7.08. The summed E-state index contributed by atoms with van der Waals surface area (Å²) in [5, 5.41) is 16.2. The van der Waals surface area contributed by atoms with E-state index in [2.05, 4.69) is 20.3 Å². The standard InChI is InChI=1S/C17H13N5O3S/c1-11-15(20-22(19-11)13-5-3-2-4-6-13)17(23)24-9-14-18-16(21-25-14)12-7-8-26-10-12/h2-8,10H,9H2,1H3. The number of para-hydroxylation sites is 1. The van der Waals surface area contributed by atoms with E-state index in [1.807, 2.05) is 47.2 Å². The molecular weight excluding hydrogens is 354 g/mol. The fourth-order valence-electron chi connectivity index (χ4n) is 2.26. The molecule has 0 spiro atoms. The van der Waals surface area contributed by atoms with E-state index < -0.39 is 5.97 Å². The molecule has 0 aliphatic carbocycles. The smallest absolute Gasteiger partial charge is 0.361 e. The molecule has 0 aliphatic rings. The van der Waals surface area contributed by atoms with E-state index in [9.17, 15) is 4.79 Å². The predicted octanol–water partition coefficient (Wildman–Crippen LogP) is 3.04. The van der Waals surface area contributed by atoms with Crippen LogP contribution in [0, 0.1) is 6.92 Å². The second-order valence-corrected chi connectivity index (χ2v) is 6.14. The van der Waals surface area contributed by atoms with Gasteiger partial charge in [-0.1, -0.05) is 23.4 Å². The van der Waals surface area contributed by atoms with Gasteiger partial charge in [0.25, 0.3) is 5.89 Å². The van der Waals surface area contributed by atoms with Crippen molar-refractivity contribution >= 4 is 17.3 Å². The second kappa shape index (κ2) is 6.89. The molecule has 0 N–H and O–H groups in total. The maximum Gasteiger partial charge on any atom is 0.361 e. The predicted molar refractivity (Wildman–Crippen MR) is 92.8 cm³/mol. The Bertz CT molecular complexity index is 1020. The van der Waals surface area contributed by atoms with E-state index in [4.69, 9.17) is 9.26 Å². The fourth-order valence-corrected chi connectivity index (χ4v) is 2.90. The van der Waals surface area contributed by atoms with Gasteiger partial charge in [-0.05, 0) is 30.5 Å². The Morgan fingerprint density at radius 2 is 2.08 bits per heavy atom. The van der Waals surface area contributed by atoms with Crippen molar-refractivity contribution < 1.29 is 14.1 Å². The quantitative estimate of drug-likeness (QED) is 0.500. The molecule has 130 valence electrons. The van der Waals surface area contributed by atoms with Gasteiger partial charge in [-0.3, -0.25) is 0 Å². The van der Waals surface area contributed by atoms with Crippen LogP contribution in [-0.4, -0.2) is 31.1 Å². The molecule has 4 rings (SSSR count). The number of aromatic nitrogens is 5. The summed E-state index contributed by atoms with van der Waals surface area (Å²) in [6.07, 6.45) is 0. The third kappa shape index (κ3) is 3.24. The van der Waals surface area contributed by atoms with Crippen LogP contribution in [0.5, 0.6) is 0 Å². The summed E-state index contributed by atoms with van der Waals surface area (Å²) in [5.41, 5.74) is 2.24. The number of thiophene rings is 1. The van der Waals surface area contributed by atoms with Crippen molar-refractivity contribution in [1.29, 1.82) is 0 Å². The maximum absolute atomic E-state index is 12.3. The van der Waals surface area contributed by atoms with Crippen molar-refractivity contribution in [2.75, 3.05) is 0 Å². The molecule has 9 heteroatoms. The number of benzene rings is 1. The molecule has 4 aromatic rings. The Labute approximate surface area is 152 Å². The topological polar surface area (TPSA) is 95.9 Å². The van der Waals surface area contributed by atoms with Crippen LogP contribution < -0.4 is 0 Å². The molecule has 0 radical (unpaired) electrons. The lowest BCUT2D eigenvalue weighted by molar-refractivity contribution is 0.0421. The Morgan fingerprint density at radius 1 is 1.23 bits per heavy atom. The minimum atomic E-state index is -0.597. The van der Waals surface area contributed by atoms with Crippen LogP contribution in [0.2, 0.25) is 0 Å². The molecule has 0 amide bonds. The van der Waals surface area contributed by atoms with Gasteiger partial charge in [-0.25, -0.2) is 4.79 Å². The molecular formula is C17H13N5O3S. The highest BCUT2D eigenvalue weighted by Gasteiger charge is 2.19. The highest BCUT2D eigenvalue weighted by atomic mass is 32.1. The zero-order chi connectivity index (χ0) is 17.9. The third-order valence-electron chi connectivity index (χ3n) is 3.54. The lowest BCUT2D eigenvalue weighted by atomic mass is 10.3. The van der Waals surface area contributed by atoms with Crippen molar-refractivity contribution in [3.8, 4) is 17.1 Å². The van der Waals surface area contributed by atoms with Crippen LogP contribution in [0.1, 0.15) is 22.1 Å². The zero-order valence-electron chi connectivity index (χ0n) is 13.7. The fraction of sp³-hybridized carbons (Fsp3) is 0.118. The minimum absolute atomic E-state index is 0.131. The van der Waals surface area contributed by atoms with E-state index in [0.29, 0.717) is 11.5 Å². The lowest BCUT2D eigenvalue weighted by Gasteiger charge is -1.99. The van der Waals surface area contributed by atoms with Crippen LogP contribution in [0.15, 0.2) is 51.7 Å². The first kappa shape index (κ1) is 16.2. The summed E-state index contributed by atoms with van der Waals surface area (Å²) in [5.74, 6) is 0.0797. The summed E-state index contributed by atoms with van der Waals surface area (Å²) < 4.78 is 10.3. The van der Waals surface area contributed by atoms with Crippen LogP contribution >= 0.6 is 11.3 Å². The Balaban J connectivity index is 1.45. The van der Waals surface area contributed by atoms with Crippen molar-refractivity contribution in [1.82, 2.24) is 25.1 Å². The summed E-state index contributed by atoms with van der Waals surface area (Å²) >= 11 is 1.54. The largest absolute Gasteiger partial charge is 0.451 e. The summed E-state index contributed by atoms with van der Waals surface area (Å²) in [6, 6.07) is 11.2. The average molecular weight is 367 g/mol. The molecule has 0 saturated carbocycles. The van der Waals surface area contributed by atoms with Gasteiger partial charge in [-0.2, -0.15) is 26.2 Å². The Hall–Kier alpha value is -3.33. The lowest BCUT2D eigenvalue weighted by Crippen LogP contribution is -2.08. The zero-order valence-corrected chi connectivity index (χ0v) is 14.5. The van der Waals surface area contributed by atoms with Gasteiger partial charge in [0.15, 0.2) is 12.3 Å². The van der Waals surface area contributed by atoms with Gasteiger partial charge in [-0.15, -0.1) is 5.10 Å². The first-order valence-electron chi connectivity index (χ1n) is 7.72. The number of carbonyl (C=O) groups is 1. The number of hydrogen-bond acceptors (Lipinski definition) is 8. The van der Waals surface area contributed by atoms with E-state index in [-0.39, 0.29) is 18.2 Å². The van der Waals surface area contributed by atoms with Gasteiger partial charge in [0.05, 0.1) is 11.4 Å². The Kier molecular flexibility index (Phi) is 4.28. The van der Waals surface area contributed by atoms with Crippen molar-refractivity contribution in [3.05, 3.63) is 64.4 Å². The SMILES string of the molecule is Cc1nn(-c2ccccc2)nc1C(=O)OCc1nc(-c2ccsc2)no1. The number of carbonyl (C=O) groups excluding carboxylic acids is 1. The van der Waals surface area contributed by atoms with Crippen molar-refractivity contribution in [2.45, 2.75) is 13.5 Å². The molecule has 3 aromatic heterocycles. The van der Waals surface area contributed by atoms with E-state index in [1.54, 1.807) is 6.92 Å². The molecule has 1 aromatic carbocycles. The van der Waals surface area contributed by atoms with Crippen molar-refractivity contribution in [3.63, 3.8) is 0 Å². The monoisotopic (exact) mass is 367 g/mol. The number of rotatable bonds is 5. The molecule has 0 atom stereocenters. The van der Waals surface area contributed by atoms with Crippen LogP contribution in [0.4, 0.5) is 0 Å². The minimum Gasteiger partial charge on any atom is -0.451 e. The van der Waals surface area contributed by atoms with Crippen LogP contribution in [0.25, 0.3) is 17.1 Å². The molecule has 0 bridgehead atoms. The second-order valence-electron chi connectivity index (χ2n) is 5.36. The average Bonchev–Trinajstić information content (AvgIpc) is 3.40. The van der Waals surface area contributed by atoms with Gasteiger partial charge in [0.1, 0.15) is 0 Å². The molecule has 8 nitrogen and oxygen atoms in total. The summed E-state index contributed by atoms with van der Waals surface area (Å²) in [6.45, 7) is 1.57. The van der Waals surface area contributed by atoms with Crippen LogP contribution in [0.3, 0.4) is 0 Å². The van der Waals surface area contributed by atoms with Crippen molar-refractivity contribution in [2.24, 2.45) is 0 Å². The normalized spacial score (nSPS) is 10.8. The summed E-state index contributed by atoms with van der Waals surface area (Å²) in [7, 11) is 0. The first-order valence-corrected chi connectivity index (χ1v) is 8.66. The third-order valence-corrected chi connectivity index (χ3v) is 4.22. The first-order chi connectivity index (χ1) is 12.7. The molecule has 0 fully saturated rings. The van der Waals surface area contributed by atoms with Gasteiger partial charge < -0.3 is 9.26 Å². The molecule has 26 heavy (non-hydrogen) atoms. The number of nitrogens with zero attached hydrogens (tertiary/aromatic N) is 5. The molecule has 0 saturated heterocycles. The van der Waals surface area contributed by atoms with Gasteiger partial charge in [0, 0.05) is 10.9 Å². The molecule has 0 unspecified atom stereocenters. The molecule has 0 aliphatic heterocycles. The van der Waals surface area contributed by atoms with Crippen LogP contribution in [-0.2, 0) is 11.3 Å². The molecule has 3 heterocycles. The van der Waals surface area contributed by atoms with Gasteiger partial charge >= 0.3 is 5.97 Å². The Morgan fingerprint density at radius 3 is 2.85 bits per heavy atom. The number of aryl methyl sites for hydroxylation is 1. The summed E-state index contributed by atoms with van der Waals surface area (Å²) in [4.78, 5) is 17.9. The number of ether oxygens (including phenoxy) is 1. The van der Waals surface area contributed by atoms with Gasteiger partial charge in [0.2, 0.25) is 5.82 Å². The highest BCUT2D eigenvalue weighted by Crippen LogP contribution is 2.19.